The molecule has 5 N–H and O–H groups in total. The molecule has 25 heteroatoms. The van der Waals surface area contributed by atoms with E-state index in [0.717, 1.165) is 16.7 Å². The molecule has 5 fully saturated rings. The minimum absolute atomic E-state index is 0. The number of methoxy groups -OCH3 is 5. The van der Waals surface area contributed by atoms with Gasteiger partial charge >= 0.3 is 18.0 Å². The number of carbonyl (C=O) groups is 7. The summed E-state index contributed by atoms with van der Waals surface area (Å²) in [6, 6.07) is 2.49. The number of esters is 2. The number of Topliss-reactive ketones (excluding diaryl/α,β-unsaturated/α-hetero) is 2. The Bertz CT molecular complexity index is 3290. The molecule has 4 saturated heterocycles. The summed E-state index contributed by atoms with van der Waals surface area (Å²) in [4.78, 5) is 98.5. The fraction of sp³-hybridized carbons (Fsp3) is 0.753. The summed E-state index contributed by atoms with van der Waals surface area (Å²) in [5.41, 5.74) is 1.02. The molecule has 0 radical (unpaired) electrons. The van der Waals surface area contributed by atoms with Crippen LogP contribution in [0, 0.1) is 41.4 Å². The molecule has 1 saturated carbocycles. The van der Waals surface area contributed by atoms with Crippen LogP contribution in [-0.2, 0) is 77.8 Å². The summed E-state index contributed by atoms with van der Waals surface area (Å²) < 4.78 is 58.5. The lowest BCUT2D eigenvalue weighted by Crippen LogP contribution is -2.64. The standard InChI is InChI=1S/C44H69NO12.C32H43ClN2O9.2C3H8.5C2H6.CH4/c1-10-13-31-19-25(2)18-26(3)20-37(54-8)40-38(55-9)22-28(5)44(52,57-40)41(49)42(50)45-17-12-11-14-32(45)43(51)56-39(29(6)34(47)24-35(31)48)27(4)21-30-15-16-33(46)36(23-30)53-7;1-17(2)29(37)43-25-15-26(36)35(6)21-13-20(14-22(40-7)27(21)33)12-18(3)10-9-11-24(41-8)32(39)16-23(42-30(38)34-32)19(4)28-31(25,5)44-28;2*1-3-2;5*1-2;/h10,19,21,26,28-34,36-40,46-47,52H,1,11-18,20,22-24H2,2-9H3;9-11,13-14,17,19,23-25,28,39H,12,15-16H2,1-8H3,(H,34,38);2*3H2,1-2H3;5*1-2H3;1H4/b25-19+,27-21+;11-9+,18-10-;;;;;;;;/t26-,28+,29+,30-,31+,32-,33+,34-,36+,37-,38-,39+,40+,44+;19-,23+,24-,25+,28+,31-,32+;;;;;;;;/m01......../s1. The molecule has 1 aliphatic carbocycles. The highest BCUT2D eigenvalue weighted by molar-refractivity contribution is 6.39. The van der Waals surface area contributed by atoms with Crippen molar-refractivity contribution in [1.29, 1.82) is 0 Å². The van der Waals surface area contributed by atoms with E-state index in [1.54, 1.807) is 67.0 Å². The molecule has 0 spiro atoms. The van der Waals surface area contributed by atoms with Crippen molar-refractivity contribution in [3.8, 4) is 5.75 Å². The minimum Gasteiger partial charge on any atom is -0.495 e. The number of ether oxygens (including phenoxy) is 10. The largest absolute Gasteiger partial charge is 0.495 e. The number of cyclic esters (lactones) is 1. The van der Waals surface area contributed by atoms with Crippen LogP contribution < -0.4 is 15.0 Å². The number of carbonyl (C=O) groups excluding carboxylic acids is 7. The monoisotopic (exact) mass is 1690 g/mol. The van der Waals surface area contributed by atoms with Crippen LogP contribution in [0.5, 0.6) is 5.75 Å². The predicted octanol–water partition coefficient (Wildman–Crippen LogP) is 17.6. The molecule has 8 rings (SSSR count). The second kappa shape index (κ2) is 57.5. The number of hydrogen-bond acceptors (Lipinski definition) is 21. The van der Waals surface area contributed by atoms with Crippen LogP contribution in [0.4, 0.5) is 10.5 Å². The Labute approximate surface area is 717 Å². The van der Waals surface area contributed by atoms with E-state index in [-0.39, 0.29) is 80.7 Å². The first kappa shape index (κ1) is 114. The van der Waals surface area contributed by atoms with Gasteiger partial charge < -0.3 is 77.6 Å². The highest BCUT2D eigenvalue weighted by Gasteiger charge is 2.65. The van der Waals surface area contributed by atoms with E-state index in [0.29, 0.717) is 74.8 Å². The molecule has 682 valence electrons. The third kappa shape index (κ3) is 32.4. The van der Waals surface area contributed by atoms with E-state index in [9.17, 15) is 54.0 Å². The maximum Gasteiger partial charge on any atom is 0.409 e. The molecule has 7 aliphatic rings. The van der Waals surface area contributed by atoms with Crippen molar-refractivity contribution in [3.63, 3.8) is 0 Å². The van der Waals surface area contributed by atoms with Crippen LogP contribution in [0.15, 0.2) is 71.9 Å². The fourth-order valence-corrected chi connectivity index (χ4v) is 15.6. The highest BCUT2D eigenvalue weighted by atomic mass is 35.5. The number of amides is 3. The third-order valence-corrected chi connectivity index (χ3v) is 21.9. The second-order valence-electron chi connectivity index (χ2n) is 31.1. The van der Waals surface area contributed by atoms with Gasteiger partial charge in [0.25, 0.3) is 11.7 Å². The van der Waals surface area contributed by atoms with Crippen molar-refractivity contribution in [1.82, 2.24) is 10.2 Å². The molecule has 1 aromatic carbocycles. The number of nitrogens with one attached hydrogen (secondary N) is 1. The van der Waals surface area contributed by atoms with Gasteiger partial charge in [-0.05, 0) is 133 Å². The average Bonchev–Trinajstić information content (AvgIpc) is 1.56. The number of rotatable bonds is 11. The summed E-state index contributed by atoms with van der Waals surface area (Å²) >= 11 is 6.68. The number of alkyl carbamates (subject to hydrolysis) is 1. The van der Waals surface area contributed by atoms with Gasteiger partial charge in [-0.3, -0.25) is 29.3 Å². The number of piperidine rings is 1. The van der Waals surface area contributed by atoms with Gasteiger partial charge in [0.2, 0.25) is 11.7 Å². The van der Waals surface area contributed by atoms with Crippen LogP contribution in [0.25, 0.3) is 0 Å². The zero-order valence-corrected chi connectivity index (χ0v) is 78.1. The summed E-state index contributed by atoms with van der Waals surface area (Å²) in [6.07, 6.45) is 9.08. The van der Waals surface area contributed by atoms with E-state index in [2.05, 4.69) is 39.6 Å². The number of hydrogen-bond donors (Lipinski definition) is 5. The number of fused-ring (bicyclic) bond motifs is 8. The maximum atomic E-state index is 14.3. The number of allylic oxidation sites excluding steroid dienone is 7. The number of benzene rings is 1. The lowest BCUT2D eigenvalue weighted by atomic mass is 9.81. The molecule has 6 bridgehead atoms. The van der Waals surface area contributed by atoms with Gasteiger partial charge in [-0.1, -0.05) is 218 Å². The van der Waals surface area contributed by atoms with E-state index >= 15 is 0 Å². The molecule has 1 aromatic rings. The average molecular weight is 1690 g/mol. The topological polar surface area (TPSA) is 315 Å². The van der Waals surface area contributed by atoms with E-state index < -0.39 is 144 Å². The van der Waals surface area contributed by atoms with Gasteiger partial charge in [-0.25, -0.2) is 9.59 Å². The van der Waals surface area contributed by atoms with Crippen LogP contribution >= 0.6 is 11.6 Å². The Morgan fingerprint density at radius 2 is 1.34 bits per heavy atom. The Balaban J connectivity index is 0. The summed E-state index contributed by atoms with van der Waals surface area (Å²) in [5.74, 6) is -9.06. The molecule has 0 unspecified atom stereocenters. The first-order valence-corrected chi connectivity index (χ1v) is 43.8. The molecular weight excluding hydrogens is 1530 g/mol. The number of aliphatic hydroxyl groups excluding tert-OH is 2. The quantitative estimate of drug-likeness (QED) is 0.0452. The van der Waals surface area contributed by atoms with Gasteiger partial charge in [0, 0.05) is 78.5 Å². The first-order valence-electron chi connectivity index (χ1n) is 43.4. The Morgan fingerprint density at radius 3 is 1.89 bits per heavy atom. The Kier molecular flexibility index (Phi) is 55.6. The molecule has 0 aromatic heterocycles. The van der Waals surface area contributed by atoms with Crippen molar-refractivity contribution in [2.45, 2.75) is 367 Å². The Hall–Kier alpha value is -5.90. The smallest absolute Gasteiger partial charge is 0.409 e. The summed E-state index contributed by atoms with van der Waals surface area (Å²) in [5, 5.41) is 48.5. The molecule has 6 aliphatic heterocycles. The Morgan fingerprint density at radius 1 is 0.754 bits per heavy atom. The number of anilines is 1. The number of nitrogens with zero attached hydrogens (tertiary/aromatic N) is 2. The third-order valence-electron chi connectivity index (χ3n) is 21.6. The van der Waals surface area contributed by atoms with Crippen molar-refractivity contribution < 1.29 is 101 Å². The van der Waals surface area contributed by atoms with Crippen LogP contribution in [0.1, 0.15) is 275 Å². The zero-order chi connectivity index (χ0) is 90.2. The molecule has 6 heterocycles. The molecule has 21 atom stereocenters. The number of halogens is 1. The molecule has 118 heavy (non-hydrogen) atoms. The zero-order valence-electron chi connectivity index (χ0n) is 77.3. The van der Waals surface area contributed by atoms with Gasteiger partial charge in [-0.2, -0.15) is 0 Å². The van der Waals surface area contributed by atoms with Crippen LogP contribution in [0.3, 0.4) is 0 Å². The van der Waals surface area contributed by atoms with Gasteiger partial charge in [-0.15, -0.1) is 6.58 Å². The number of ketones is 2. The maximum absolute atomic E-state index is 14.3. The van der Waals surface area contributed by atoms with Crippen molar-refractivity contribution >= 4 is 58.7 Å². The molecular formula is C93H162ClN3O21. The fourth-order valence-electron chi connectivity index (χ4n) is 15.3. The normalized spacial score (nSPS) is 33.3. The number of epoxide rings is 1. The van der Waals surface area contributed by atoms with Crippen LogP contribution in [-0.4, -0.2) is 206 Å². The summed E-state index contributed by atoms with van der Waals surface area (Å²) in [6.45, 7) is 50.6. The molecule has 3 amide bonds. The predicted molar refractivity (Wildman–Crippen MR) is 472 cm³/mol. The summed E-state index contributed by atoms with van der Waals surface area (Å²) in [7, 11) is 9.17. The number of aliphatic hydroxyl groups is 4. The van der Waals surface area contributed by atoms with Crippen LogP contribution in [0.2, 0.25) is 5.02 Å². The molecule has 24 nitrogen and oxygen atoms in total. The van der Waals surface area contributed by atoms with E-state index in [1.807, 2.05) is 134 Å². The van der Waals surface area contributed by atoms with Gasteiger partial charge in [0.15, 0.2) is 5.72 Å². The van der Waals surface area contributed by atoms with Crippen molar-refractivity contribution in [2.24, 2.45) is 41.4 Å². The SMILES string of the molecule is C.C=CC[C@@H]1/C=C(\C)C[C@H](C)C[C@H](OC)[C@H]2O[C@@](O)(C(=O)C(=O)N3CCCC[C@H]3C(=O)O[C@H](/C(C)=C/[C@@H]3CC[C@@H](O)[C@H](OC)C3)[C@H](C)[C@@H](O)CC1=O)[C@H](C)C[C@@H]2OC.CC.CC.CC.CC.CC.CCC.CCC.COc1cc2cc(c1Cl)N(C)C(=O)C[C@H](OC(=O)C(C)C)[C@@]1(C)O[C@H]1[C@H](C)[C@@H]1C[C@@](O)(NC(=O)O1)[C@H](OC)/C=C/C=C(/C)C2. The first-order chi connectivity index (χ1) is 55.4. The lowest BCUT2D eigenvalue weighted by Gasteiger charge is -2.47. The van der Waals surface area contributed by atoms with E-state index in [1.165, 1.54) is 51.1 Å². The second-order valence-corrected chi connectivity index (χ2v) is 31.4. The highest BCUT2D eigenvalue weighted by Crippen LogP contribution is 2.50. The van der Waals surface area contributed by atoms with Gasteiger partial charge in [0.1, 0.15) is 58.7 Å². The van der Waals surface area contributed by atoms with Gasteiger partial charge in [0.05, 0.1) is 61.8 Å². The van der Waals surface area contributed by atoms with Crippen molar-refractivity contribution in [3.05, 3.63) is 82.5 Å². The van der Waals surface area contributed by atoms with E-state index in [4.69, 9.17) is 59.0 Å². The lowest BCUT2D eigenvalue weighted by molar-refractivity contribution is -0.302. The minimum atomic E-state index is -2.51. The van der Waals surface area contributed by atoms with Crippen molar-refractivity contribution in [2.75, 3.05) is 54.0 Å².